The molecule has 0 heterocycles. The van der Waals surface area contributed by atoms with E-state index in [1.165, 1.54) is 18.1 Å². The van der Waals surface area contributed by atoms with Crippen molar-refractivity contribution in [3.05, 3.63) is 35.4 Å². The second kappa shape index (κ2) is 5.81. The third-order valence-electron chi connectivity index (χ3n) is 2.34. The summed E-state index contributed by atoms with van der Waals surface area (Å²) in [6.07, 6.45) is -1.50. The normalized spacial score (nSPS) is 13.1. The molecule has 1 aromatic carbocycles. The van der Waals surface area contributed by atoms with Crippen molar-refractivity contribution in [1.82, 2.24) is 5.32 Å². The predicted molar refractivity (Wildman–Crippen MR) is 58.4 cm³/mol. The maximum atomic E-state index is 12.2. The summed E-state index contributed by atoms with van der Waals surface area (Å²) in [7, 11) is 0. The number of hydrogen-bond acceptors (Lipinski definition) is 1. The van der Waals surface area contributed by atoms with Crippen molar-refractivity contribution in [1.29, 1.82) is 0 Å². The minimum absolute atomic E-state index is 0.592. The number of benzene rings is 1. The lowest BCUT2D eigenvalue weighted by molar-refractivity contribution is 0.106. The Morgan fingerprint density at radius 2 is 2.07 bits per heavy atom. The molecule has 15 heavy (non-hydrogen) atoms. The molecule has 0 aromatic heterocycles. The Hall–Kier alpha value is -0.960. The Morgan fingerprint density at radius 1 is 1.33 bits per heavy atom. The standard InChI is InChI=1S/C12H17F2N/c1-9-4-3-5-11(8-9)6-7-15-10(2)12(13)14/h3-5,8,10,12,15H,6-7H2,1-2H3. The summed E-state index contributed by atoms with van der Waals surface area (Å²) in [6.45, 7) is 4.12. The fourth-order valence-corrected chi connectivity index (χ4v) is 1.40. The van der Waals surface area contributed by atoms with Crippen molar-refractivity contribution in [2.24, 2.45) is 0 Å². The SMILES string of the molecule is Cc1cccc(CCNC(C)C(F)F)c1. The molecule has 0 radical (unpaired) electrons. The molecule has 84 valence electrons. The summed E-state index contributed by atoms with van der Waals surface area (Å²) in [6, 6.07) is 7.38. The first-order valence-electron chi connectivity index (χ1n) is 5.16. The Morgan fingerprint density at radius 3 is 2.67 bits per heavy atom. The number of aryl methyl sites for hydroxylation is 1. The molecule has 1 aromatic rings. The van der Waals surface area contributed by atoms with Gasteiger partial charge < -0.3 is 5.32 Å². The molecular weight excluding hydrogens is 196 g/mol. The Balaban J connectivity index is 2.32. The van der Waals surface area contributed by atoms with Crippen LogP contribution in [0.1, 0.15) is 18.1 Å². The maximum absolute atomic E-state index is 12.2. The third kappa shape index (κ3) is 4.38. The van der Waals surface area contributed by atoms with E-state index in [0.717, 1.165) is 6.42 Å². The molecule has 0 fully saturated rings. The first-order chi connectivity index (χ1) is 7.09. The molecule has 0 saturated heterocycles. The van der Waals surface area contributed by atoms with Crippen LogP contribution < -0.4 is 5.32 Å². The van der Waals surface area contributed by atoms with Gasteiger partial charge in [0.2, 0.25) is 0 Å². The Bertz CT molecular complexity index is 299. The molecule has 0 saturated carbocycles. The molecule has 0 aliphatic rings. The van der Waals surface area contributed by atoms with Gasteiger partial charge in [-0.3, -0.25) is 0 Å². The van der Waals surface area contributed by atoms with E-state index < -0.39 is 12.5 Å². The second-order valence-corrected chi connectivity index (χ2v) is 3.82. The van der Waals surface area contributed by atoms with E-state index in [4.69, 9.17) is 0 Å². The largest absolute Gasteiger partial charge is 0.309 e. The average Bonchev–Trinajstić information content (AvgIpc) is 2.17. The molecule has 0 bridgehead atoms. The van der Waals surface area contributed by atoms with Gasteiger partial charge in [0.15, 0.2) is 0 Å². The third-order valence-corrected chi connectivity index (χ3v) is 2.34. The van der Waals surface area contributed by atoms with Gasteiger partial charge in [-0.1, -0.05) is 29.8 Å². The number of nitrogens with one attached hydrogen (secondary N) is 1. The minimum Gasteiger partial charge on any atom is -0.309 e. The summed E-state index contributed by atoms with van der Waals surface area (Å²) in [5.41, 5.74) is 2.39. The second-order valence-electron chi connectivity index (χ2n) is 3.82. The quantitative estimate of drug-likeness (QED) is 0.793. The van der Waals surface area contributed by atoms with Gasteiger partial charge in [-0.15, -0.1) is 0 Å². The van der Waals surface area contributed by atoms with Gasteiger partial charge in [0, 0.05) is 0 Å². The zero-order valence-corrected chi connectivity index (χ0v) is 9.13. The van der Waals surface area contributed by atoms with Crippen LogP contribution in [0.15, 0.2) is 24.3 Å². The summed E-state index contributed by atoms with van der Waals surface area (Å²) in [5.74, 6) is 0. The molecule has 1 rings (SSSR count). The van der Waals surface area contributed by atoms with Gasteiger partial charge in [-0.2, -0.15) is 0 Å². The summed E-state index contributed by atoms with van der Waals surface area (Å²) in [5, 5.41) is 2.80. The average molecular weight is 213 g/mol. The Labute approximate surface area is 89.5 Å². The van der Waals surface area contributed by atoms with Crippen LogP contribution in [-0.4, -0.2) is 19.0 Å². The molecule has 1 unspecified atom stereocenters. The van der Waals surface area contributed by atoms with E-state index in [1.807, 2.05) is 25.1 Å². The highest BCUT2D eigenvalue weighted by Crippen LogP contribution is 2.05. The molecule has 1 atom stereocenters. The lowest BCUT2D eigenvalue weighted by atomic mass is 10.1. The first-order valence-corrected chi connectivity index (χ1v) is 5.16. The summed E-state index contributed by atoms with van der Waals surface area (Å²) < 4.78 is 24.3. The van der Waals surface area contributed by atoms with Crippen molar-refractivity contribution in [2.75, 3.05) is 6.54 Å². The minimum atomic E-state index is -2.29. The lowest BCUT2D eigenvalue weighted by Crippen LogP contribution is -2.33. The highest BCUT2D eigenvalue weighted by atomic mass is 19.3. The molecule has 1 N–H and O–H groups in total. The molecule has 1 nitrogen and oxygen atoms in total. The van der Waals surface area contributed by atoms with E-state index in [-0.39, 0.29) is 0 Å². The van der Waals surface area contributed by atoms with E-state index in [1.54, 1.807) is 0 Å². The molecular formula is C12H17F2N. The number of rotatable bonds is 5. The number of halogens is 2. The van der Waals surface area contributed by atoms with Crippen LogP contribution in [0.25, 0.3) is 0 Å². The van der Waals surface area contributed by atoms with Crippen LogP contribution in [0, 0.1) is 6.92 Å². The lowest BCUT2D eigenvalue weighted by Gasteiger charge is -2.12. The van der Waals surface area contributed by atoms with Gasteiger partial charge in [-0.05, 0) is 32.4 Å². The van der Waals surface area contributed by atoms with Gasteiger partial charge in [0.05, 0.1) is 6.04 Å². The topological polar surface area (TPSA) is 12.0 Å². The van der Waals surface area contributed by atoms with Crippen molar-refractivity contribution < 1.29 is 8.78 Å². The van der Waals surface area contributed by atoms with E-state index in [2.05, 4.69) is 11.4 Å². The molecule has 0 aliphatic heterocycles. The van der Waals surface area contributed by atoms with Crippen molar-refractivity contribution >= 4 is 0 Å². The summed E-state index contributed by atoms with van der Waals surface area (Å²) >= 11 is 0. The van der Waals surface area contributed by atoms with Gasteiger partial charge >= 0.3 is 0 Å². The highest BCUT2D eigenvalue weighted by Gasteiger charge is 2.12. The van der Waals surface area contributed by atoms with Gasteiger partial charge in [-0.25, -0.2) is 8.78 Å². The Kier molecular flexibility index (Phi) is 4.69. The van der Waals surface area contributed by atoms with E-state index in [9.17, 15) is 8.78 Å². The zero-order valence-electron chi connectivity index (χ0n) is 9.13. The first kappa shape index (κ1) is 12.1. The smallest absolute Gasteiger partial charge is 0.253 e. The van der Waals surface area contributed by atoms with Crippen LogP contribution in [-0.2, 0) is 6.42 Å². The van der Waals surface area contributed by atoms with E-state index >= 15 is 0 Å². The van der Waals surface area contributed by atoms with Gasteiger partial charge in [0.25, 0.3) is 6.43 Å². The van der Waals surface area contributed by atoms with Crippen LogP contribution in [0.2, 0.25) is 0 Å². The van der Waals surface area contributed by atoms with Gasteiger partial charge in [0.1, 0.15) is 0 Å². The molecule has 3 heteroatoms. The molecule has 0 aliphatic carbocycles. The monoisotopic (exact) mass is 213 g/mol. The number of alkyl halides is 2. The maximum Gasteiger partial charge on any atom is 0.253 e. The fraction of sp³-hybridized carbons (Fsp3) is 0.500. The molecule has 0 spiro atoms. The van der Waals surface area contributed by atoms with Crippen LogP contribution in [0.4, 0.5) is 8.78 Å². The number of hydrogen-bond donors (Lipinski definition) is 1. The summed E-state index contributed by atoms with van der Waals surface area (Å²) in [4.78, 5) is 0. The zero-order chi connectivity index (χ0) is 11.3. The van der Waals surface area contributed by atoms with Crippen LogP contribution in [0.3, 0.4) is 0 Å². The predicted octanol–water partition coefficient (Wildman–Crippen LogP) is 2.78. The van der Waals surface area contributed by atoms with Crippen LogP contribution in [0.5, 0.6) is 0 Å². The van der Waals surface area contributed by atoms with E-state index in [0.29, 0.717) is 6.54 Å². The van der Waals surface area contributed by atoms with Crippen LogP contribution >= 0.6 is 0 Å². The fourth-order valence-electron chi connectivity index (χ4n) is 1.40. The van der Waals surface area contributed by atoms with Crippen molar-refractivity contribution in [3.63, 3.8) is 0 Å². The van der Waals surface area contributed by atoms with Crippen molar-refractivity contribution in [2.45, 2.75) is 32.7 Å². The highest BCUT2D eigenvalue weighted by molar-refractivity contribution is 5.22. The molecule has 0 amide bonds. The van der Waals surface area contributed by atoms with Crippen molar-refractivity contribution in [3.8, 4) is 0 Å².